The molecule has 1 heterocycles. The number of hydrogen-bond donors (Lipinski definition) is 4. The number of aromatic hydroxyl groups is 3. The van der Waals surface area contributed by atoms with E-state index >= 15 is 0 Å². The first-order valence-electron chi connectivity index (χ1n) is 7.24. The van der Waals surface area contributed by atoms with Crippen molar-refractivity contribution < 1.29 is 34.4 Å². The summed E-state index contributed by atoms with van der Waals surface area (Å²) in [6.07, 6.45) is -0.260. The van der Waals surface area contributed by atoms with Crippen LogP contribution in [-0.2, 0) is 22.6 Å². The van der Waals surface area contributed by atoms with Gasteiger partial charge in [0, 0.05) is 12.1 Å². The van der Waals surface area contributed by atoms with Gasteiger partial charge in [-0.2, -0.15) is 0 Å². The van der Waals surface area contributed by atoms with Crippen molar-refractivity contribution in [3.05, 3.63) is 52.6 Å². The zero-order chi connectivity index (χ0) is 18.1. The van der Waals surface area contributed by atoms with Crippen molar-refractivity contribution in [3.63, 3.8) is 0 Å². The molecule has 0 unspecified atom stereocenters. The van der Waals surface area contributed by atoms with Crippen LogP contribution in [0.4, 0.5) is 0 Å². The van der Waals surface area contributed by atoms with E-state index in [1.54, 1.807) is 6.07 Å². The normalized spacial score (nSPS) is 12.6. The Bertz CT molecular complexity index is 881. The highest BCUT2D eigenvalue weighted by Gasteiger charge is 2.29. The van der Waals surface area contributed by atoms with Crippen molar-refractivity contribution in [3.8, 4) is 17.2 Å². The van der Waals surface area contributed by atoms with Crippen LogP contribution in [0.25, 0.3) is 0 Å². The molecule has 0 spiro atoms. The molecular formula is C17H13NO7. The van der Waals surface area contributed by atoms with E-state index in [1.165, 1.54) is 12.1 Å². The van der Waals surface area contributed by atoms with Crippen LogP contribution in [0.5, 0.6) is 17.2 Å². The molecule has 2 aromatic rings. The van der Waals surface area contributed by atoms with E-state index in [2.05, 4.69) is 5.32 Å². The Morgan fingerprint density at radius 1 is 1.04 bits per heavy atom. The van der Waals surface area contributed by atoms with Crippen molar-refractivity contribution in [2.45, 2.75) is 13.0 Å². The average Bonchev–Trinajstić information content (AvgIpc) is 2.82. The molecule has 25 heavy (non-hydrogen) atoms. The molecule has 0 saturated heterocycles. The van der Waals surface area contributed by atoms with Gasteiger partial charge in [-0.3, -0.25) is 19.7 Å². The molecule has 8 nitrogen and oxygen atoms in total. The molecule has 0 atom stereocenters. The molecule has 2 amide bonds. The minimum absolute atomic E-state index is 0.0580. The van der Waals surface area contributed by atoms with Crippen LogP contribution in [-0.4, -0.2) is 33.1 Å². The molecule has 1 aliphatic heterocycles. The number of amides is 2. The zero-order valence-electron chi connectivity index (χ0n) is 12.8. The first-order chi connectivity index (χ1) is 11.9. The van der Waals surface area contributed by atoms with Crippen LogP contribution < -0.4 is 5.32 Å². The van der Waals surface area contributed by atoms with Crippen LogP contribution in [0, 0.1) is 0 Å². The number of esters is 1. The van der Waals surface area contributed by atoms with Crippen molar-refractivity contribution >= 4 is 17.8 Å². The Hall–Kier alpha value is -3.55. The van der Waals surface area contributed by atoms with Gasteiger partial charge in [-0.05, 0) is 11.6 Å². The molecule has 2 aromatic carbocycles. The van der Waals surface area contributed by atoms with Crippen molar-refractivity contribution in [1.29, 1.82) is 0 Å². The lowest BCUT2D eigenvalue weighted by Crippen LogP contribution is -2.20. The number of phenolic OH excluding ortho intramolecular Hbond substituents is 3. The fourth-order valence-corrected chi connectivity index (χ4v) is 2.57. The standard InChI is InChI=1S/C17H13NO7/c19-9-5-12(20)11(13(21)6-9)7-25-14(22)4-8-2-1-3-10-15(8)17(24)18-16(10)23/h1-3,5-6,19-21H,4,7H2,(H,18,23,24). The summed E-state index contributed by atoms with van der Waals surface area (Å²) in [6.45, 7) is -0.420. The molecule has 8 heteroatoms. The summed E-state index contributed by atoms with van der Waals surface area (Å²) in [7, 11) is 0. The summed E-state index contributed by atoms with van der Waals surface area (Å²) in [5, 5.41) is 30.7. The van der Waals surface area contributed by atoms with Crippen molar-refractivity contribution in [2.75, 3.05) is 0 Å². The van der Waals surface area contributed by atoms with E-state index < -0.39 is 35.9 Å². The third kappa shape index (κ3) is 3.09. The summed E-state index contributed by atoms with van der Waals surface area (Å²) in [5.74, 6) is -2.98. The maximum atomic E-state index is 12.0. The maximum Gasteiger partial charge on any atom is 0.310 e. The number of carbonyl (C=O) groups excluding carboxylic acids is 3. The van der Waals surface area contributed by atoms with Gasteiger partial charge in [0.25, 0.3) is 11.8 Å². The number of hydrogen-bond acceptors (Lipinski definition) is 7. The first-order valence-corrected chi connectivity index (χ1v) is 7.24. The summed E-state index contributed by atoms with van der Waals surface area (Å²) in [6, 6.07) is 6.58. The van der Waals surface area contributed by atoms with Gasteiger partial charge < -0.3 is 20.1 Å². The van der Waals surface area contributed by atoms with Gasteiger partial charge in [-0.25, -0.2) is 0 Å². The van der Waals surface area contributed by atoms with Crippen molar-refractivity contribution in [1.82, 2.24) is 5.32 Å². The monoisotopic (exact) mass is 343 g/mol. The van der Waals surface area contributed by atoms with Crippen LogP contribution in [0.2, 0.25) is 0 Å². The molecule has 1 aliphatic rings. The summed E-state index contributed by atoms with van der Waals surface area (Å²) >= 11 is 0. The number of carbonyl (C=O) groups is 3. The van der Waals surface area contributed by atoms with E-state index in [1.807, 2.05) is 0 Å². The van der Waals surface area contributed by atoms with E-state index in [-0.39, 0.29) is 28.9 Å². The predicted molar refractivity (Wildman–Crippen MR) is 83.2 cm³/mol. The van der Waals surface area contributed by atoms with Gasteiger partial charge >= 0.3 is 5.97 Å². The second-order valence-electron chi connectivity index (χ2n) is 5.42. The molecular weight excluding hydrogens is 330 g/mol. The van der Waals surface area contributed by atoms with Gasteiger partial charge in [0.1, 0.15) is 23.9 Å². The van der Waals surface area contributed by atoms with Gasteiger partial charge in [-0.15, -0.1) is 0 Å². The largest absolute Gasteiger partial charge is 0.508 e. The van der Waals surface area contributed by atoms with E-state index in [0.717, 1.165) is 12.1 Å². The molecule has 3 rings (SSSR count). The molecule has 0 saturated carbocycles. The summed E-state index contributed by atoms with van der Waals surface area (Å²) in [4.78, 5) is 35.4. The quantitative estimate of drug-likeness (QED) is 0.480. The lowest BCUT2D eigenvalue weighted by Gasteiger charge is -2.10. The summed E-state index contributed by atoms with van der Waals surface area (Å²) in [5.41, 5.74) is 0.617. The first kappa shape index (κ1) is 16.3. The van der Waals surface area contributed by atoms with Crippen LogP contribution in [0.15, 0.2) is 30.3 Å². The number of imide groups is 1. The Balaban J connectivity index is 1.73. The number of rotatable bonds is 4. The third-order valence-corrected chi connectivity index (χ3v) is 3.75. The molecule has 0 aromatic heterocycles. The maximum absolute atomic E-state index is 12.0. The smallest absolute Gasteiger partial charge is 0.310 e. The lowest BCUT2D eigenvalue weighted by atomic mass is 10.0. The number of fused-ring (bicyclic) bond motifs is 1. The number of ether oxygens (including phenoxy) is 1. The second-order valence-corrected chi connectivity index (χ2v) is 5.42. The van der Waals surface area contributed by atoms with Crippen LogP contribution in [0.3, 0.4) is 0 Å². The molecule has 128 valence electrons. The molecule has 0 radical (unpaired) electrons. The van der Waals surface area contributed by atoms with E-state index in [4.69, 9.17) is 4.74 Å². The Morgan fingerprint density at radius 2 is 1.72 bits per heavy atom. The average molecular weight is 343 g/mol. The molecule has 4 N–H and O–H groups in total. The predicted octanol–water partition coefficient (Wildman–Crippen LogP) is 0.973. The van der Waals surface area contributed by atoms with Crippen molar-refractivity contribution in [2.24, 2.45) is 0 Å². The minimum atomic E-state index is -0.715. The topological polar surface area (TPSA) is 133 Å². The fourth-order valence-electron chi connectivity index (χ4n) is 2.57. The SMILES string of the molecule is O=C(Cc1cccc2c1C(=O)NC2=O)OCc1c(O)cc(O)cc1O. The third-order valence-electron chi connectivity index (χ3n) is 3.75. The molecule has 0 aliphatic carbocycles. The highest BCUT2D eigenvalue weighted by Crippen LogP contribution is 2.32. The fraction of sp³-hybridized carbons (Fsp3) is 0.118. The minimum Gasteiger partial charge on any atom is -0.508 e. The lowest BCUT2D eigenvalue weighted by molar-refractivity contribution is -0.144. The second kappa shape index (κ2) is 6.16. The Kier molecular flexibility index (Phi) is 4.02. The molecule has 0 bridgehead atoms. The zero-order valence-corrected chi connectivity index (χ0v) is 12.8. The Morgan fingerprint density at radius 3 is 2.40 bits per heavy atom. The van der Waals surface area contributed by atoms with E-state index in [0.29, 0.717) is 5.56 Å². The Labute approximate surface area is 141 Å². The van der Waals surface area contributed by atoms with Gasteiger partial charge in [0.15, 0.2) is 0 Å². The van der Waals surface area contributed by atoms with Gasteiger partial charge in [0.2, 0.25) is 0 Å². The number of nitrogens with one attached hydrogen (secondary N) is 1. The van der Waals surface area contributed by atoms with E-state index in [9.17, 15) is 29.7 Å². The molecule has 0 fully saturated rings. The highest BCUT2D eigenvalue weighted by atomic mass is 16.5. The van der Waals surface area contributed by atoms with Crippen LogP contribution in [0.1, 0.15) is 31.8 Å². The van der Waals surface area contributed by atoms with Crippen LogP contribution >= 0.6 is 0 Å². The number of benzene rings is 2. The van der Waals surface area contributed by atoms with Gasteiger partial charge in [-0.1, -0.05) is 12.1 Å². The van der Waals surface area contributed by atoms with Gasteiger partial charge in [0.05, 0.1) is 23.1 Å². The highest BCUT2D eigenvalue weighted by molar-refractivity contribution is 6.22. The number of phenols is 3. The summed E-state index contributed by atoms with van der Waals surface area (Å²) < 4.78 is 5.00.